The summed E-state index contributed by atoms with van der Waals surface area (Å²) in [5.74, 6) is 1.48. The fourth-order valence-electron chi connectivity index (χ4n) is 1.88. The molecule has 1 saturated carbocycles. The summed E-state index contributed by atoms with van der Waals surface area (Å²) in [4.78, 5) is 4.54. The molecule has 0 spiro atoms. The molecular weight excluding hydrogens is 241 g/mol. The molecule has 0 amide bonds. The first-order valence-corrected chi connectivity index (χ1v) is 7.04. The molecule has 4 heteroatoms. The number of benzene rings is 1. The number of hydrogen-bond acceptors (Lipinski definition) is 1. The lowest BCUT2D eigenvalue weighted by molar-refractivity contribution is 0.625. The Morgan fingerprint density at radius 3 is 2.89 bits per heavy atom. The van der Waals surface area contributed by atoms with Gasteiger partial charge >= 0.3 is 0 Å². The molecular formula is C15H22FN3. The zero-order valence-corrected chi connectivity index (χ0v) is 11.5. The van der Waals surface area contributed by atoms with Crippen LogP contribution >= 0.6 is 0 Å². The van der Waals surface area contributed by atoms with E-state index in [-0.39, 0.29) is 5.82 Å². The van der Waals surface area contributed by atoms with Crippen molar-refractivity contribution >= 4 is 5.96 Å². The summed E-state index contributed by atoms with van der Waals surface area (Å²) in [6.45, 7) is 4.59. The van der Waals surface area contributed by atoms with Gasteiger partial charge in [-0.25, -0.2) is 4.39 Å². The summed E-state index contributed by atoms with van der Waals surface area (Å²) in [6.07, 6.45) is 3.42. The summed E-state index contributed by atoms with van der Waals surface area (Å²) in [5, 5.41) is 6.52. The molecule has 0 radical (unpaired) electrons. The first-order valence-electron chi connectivity index (χ1n) is 7.04. The maximum absolute atomic E-state index is 13.0. The van der Waals surface area contributed by atoms with Crippen molar-refractivity contribution in [3.63, 3.8) is 0 Å². The SMILES string of the molecule is CCNC(=NCC1CC1)NCCc1cccc(F)c1. The van der Waals surface area contributed by atoms with Gasteiger partial charge in [-0.2, -0.15) is 0 Å². The van der Waals surface area contributed by atoms with Gasteiger partial charge in [0, 0.05) is 19.6 Å². The summed E-state index contributed by atoms with van der Waals surface area (Å²) in [7, 11) is 0. The lowest BCUT2D eigenvalue weighted by Gasteiger charge is -2.11. The van der Waals surface area contributed by atoms with E-state index in [9.17, 15) is 4.39 Å². The normalized spacial score (nSPS) is 15.4. The molecule has 0 aliphatic heterocycles. The van der Waals surface area contributed by atoms with Crippen molar-refractivity contribution in [1.29, 1.82) is 0 Å². The Morgan fingerprint density at radius 2 is 2.21 bits per heavy atom. The molecule has 1 aliphatic carbocycles. The third-order valence-corrected chi connectivity index (χ3v) is 3.14. The summed E-state index contributed by atoms with van der Waals surface area (Å²) >= 11 is 0. The molecule has 19 heavy (non-hydrogen) atoms. The molecule has 3 nitrogen and oxygen atoms in total. The lowest BCUT2D eigenvalue weighted by Crippen LogP contribution is -2.38. The van der Waals surface area contributed by atoms with Gasteiger partial charge in [-0.3, -0.25) is 4.99 Å². The van der Waals surface area contributed by atoms with Crippen LogP contribution in [-0.4, -0.2) is 25.6 Å². The van der Waals surface area contributed by atoms with Crippen LogP contribution in [0.1, 0.15) is 25.3 Å². The highest BCUT2D eigenvalue weighted by Gasteiger charge is 2.20. The molecule has 1 aromatic rings. The summed E-state index contributed by atoms with van der Waals surface area (Å²) in [6, 6.07) is 6.74. The summed E-state index contributed by atoms with van der Waals surface area (Å²) in [5.41, 5.74) is 1.01. The average Bonchev–Trinajstić information content (AvgIpc) is 3.20. The van der Waals surface area contributed by atoms with Crippen molar-refractivity contribution in [2.75, 3.05) is 19.6 Å². The van der Waals surface area contributed by atoms with Crippen LogP contribution in [0.25, 0.3) is 0 Å². The quantitative estimate of drug-likeness (QED) is 0.610. The minimum absolute atomic E-state index is 0.174. The van der Waals surface area contributed by atoms with Crippen molar-refractivity contribution in [2.24, 2.45) is 10.9 Å². The average molecular weight is 263 g/mol. The number of aliphatic imine (C=N–C) groups is 1. The van der Waals surface area contributed by atoms with Crippen LogP contribution in [0.15, 0.2) is 29.3 Å². The highest BCUT2D eigenvalue weighted by atomic mass is 19.1. The van der Waals surface area contributed by atoms with Gasteiger partial charge in [0.1, 0.15) is 5.82 Å². The molecule has 1 aliphatic rings. The predicted molar refractivity (Wildman–Crippen MR) is 76.8 cm³/mol. The molecule has 0 atom stereocenters. The van der Waals surface area contributed by atoms with Gasteiger partial charge in [-0.1, -0.05) is 12.1 Å². The van der Waals surface area contributed by atoms with Gasteiger partial charge in [0.05, 0.1) is 0 Å². The van der Waals surface area contributed by atoms with Gasteiger partial charge in [0.25, 0.3) is 0 Å². The Kier molecular flexibility index (Phi) is 5.19. The largest absolute Gasteiger partial charge is 0.357 e. The Bertz CT molecular complexity index is 427. The molecule has 104 valence electrons. The maximum Gasteiger partial charge on any atom is 0.191 e. The molecule has 0 bridgehead atoms. The second-order valence-corrected chi connectivity index (χ2v) is 4.97. The predicted octanol–water partition coefficient (Wildman–Crippen LogP) is 2.33. The first kappa shape index (κ1) is 13.8. The van der Waals surface area contributed by atoms with Crippen molar-refractivity contribution in [3.8, 4) is 0 Å². The minimum Gasteiger partial charge on any atom is -0.357 e. The van der Waals surface area contributed by atoms with Crippen molar-refractivity contribution in [2.45, 2.75) is 26.2 Å². The van der Waals surface area contributed by atoms with Crippen LogP contribution in [0.2, 0.25) is 0 Å². The smallest absolute Gasteiger partial charge is 0.191 e. The van der Waals surface area contributed by atoms with Crippen LogP contribution < -0.4 is 10.6 Å². The van der Waals surface area contributed by atoms with Crippen LogP contribution in [0.4, 0.5) is 4.39 Å². The van der Waals surface area contributed by atoms with E-state index >= 15 is 0 Å². The molecule has 0 saturated heterocycles. The maximum atomic E-state index is 13.0. The number of nitrogens with one attached hydrogen (secondary N) is 2. The third-order valence-electron chi connectivity index (χ3n) is 3.14. The fourth-order valence-corrected chi connectivity index (χ4v) is 1.88. The number of hydrogen-bond donors (Lipinski definition) is 2. The van der Waals surface area contributed by atoms with Gasteiger partial charge in [0.15, 0.2) is 5.96 Å². The molecule has 1 fully saturated rings. The van der Waals surface area contributed by atoms with E-state index in [0.29, 0.717) is 0 Å². The Labute approximate surface area is 114 Å². The number of guanidine groups is 1. The number of nitrogens with zero attached hydrogens (tertiary/aromatic N) is 1. The van der Waals surface area contributed by atoms with Crippen molar-refractivity contribution in [3.05, 3.63) is 35.6 Å². The monoisotopic (exact) mass is 263 g/mol. The van der Waals surface area contributed by atoms with Crippen molar-refractivity contribution < 1.29 is 4.39 Å². The topological polar surface area (TPSA) is 36.4 Å². The molecule has 1 aromatic carbocycles. The van der Waals surface area contributed by atoms with Crippen LogP contribution in [0.5, 0.6) is 0 Å². The Morgan fingerprint density at radius 1 is 1.37 bits per heavy atom. The summed E-state index contributed by atoms with van der Waals surface area (Å²) < 4.78 is 13.0. The Hall–Kier alpha value is -1.58. The zero-order valence-electron chi connectivity index (χ0n) is 11.5. The van der Waals surface area contributed by atoms with E-state index in [1.165, 1.54) is 18.9 Å². The first-order chi connectivity index (χ1) is 9.28. The number of rotatable bonds is 6. The van der Waals surface area contributed by atoms with E-state index in [0.717, 1.165) is 43.5 Å². The fraction of sp³-hybridized carbons (Fsp3) is 0.533. The van der Waals surface area contributed by atoms with E-state index in [4.69, 9.17) is 0 Å². The highest BCUT2D eigenvalue weighted by molar-refractivity contribution is 5.79. The van der Waals surface area contributed by atoms with E-state index in [1.807, 2.05) is 6.07 Å². The van der Waals surface area contributed by atoms with E-state index in [2.05, 4.69) is 22.5 Å². The second-order valence-electron chi connectivity index (χ2n) is 4.97. The molecule has 2 N–H and O–H groups in total. The van der Waals surface area contributed by atoms with Crippen LogP contribution in [0, 0.1) is 11.7 Å². The molecule has 0 aromatic heterocycles. The van der Waals surface area contributed by atoms with Gasteiger partial charge in [-0.15, -0.1) is 0 Å². The number of halogens is 1. The molecule has 0 heterocycles. The molecule has 2 rings (SSSR count). The standard InChI is InChI=1S/C15H22FN3/c1-2-17-15(19-11-13-6-7-13)18-9-8-12-4-3-5-14(16)10-12/h3-5,10,13H,2,6-9,11H2,1H3,(H2,17,18,19). The lowest BCUT2D eigenvalue weighted by atomic mass is 10.1. The van der Waals surface area contributed by atoms with E-state index < -0.39 is 0 Å². The zero-order chi connectivity index (χ0) is 13.5. The highest BCUT2D eigenvalue weighted by Crippen LogP contribution is 2.28. The molecule has 0 unspecified atom stereocenters. The van der Waals surface area contributed by atoms with Crippen LogP contribution in [0.3, 0.4) is 0 Å². The van der Waals surface area contributed by atoms with Gasteiger partial charge in [-0.05, 0) is 49.8 Å². The van der Waals surface area contributed by atoms with Crippen LogP contribution in [-0.2, 0) is 6.42 Å². The van der Waals surface area contributed by atoms with E-state index in [1.54, 1.807) is 12.1 Å². The second kappa shape index (κ2) is 7.12. The minimum atomic E-state index is -0.174. The van der Waals surface area contributed by atoms with Crippen molar-refractivity contribution in [1.82, 2.24) is 10.6 Å². The third kappa shape index (κ3) is 5.28. The Balaban J connectivity index is 1.76. The van der Waals surface area contributed by atoms with Gasteiger partial charge < -0.3 is 10.6 Å². The van der Waals surface area contributed by atoms with Gasteiger partial charge in [0.2, 0.25) is 0 Å².